The number of allylic oxidation sites excluding steroid dienone is 3. The van der Waals surface area contributed by atoms with Gasteiger partial charge in [0.25, 0.3) is 0 Å². The summed E-state index contributed by atoms with van der Waals surface area (Å²) in [5, 5.41) is 0. The second-order valence-corrected chi connectivity index (χ2v) is 5.43. The summed E-state index contributed by atoms with van der Waals surface area (Å²) in [6.45, 7) is 10.9. The van der Waals surface area contributed by atoms with Gasteiger partial charge in [0, 0.05) is 13.1 Å². The Balaban J connectivity index is 2.39. The minimum atomic E-state index is -0.406. The molecule has 0 aromatic carbocycles. The van der Waals surface area contributed by atoms with Crippen LogP contribution in [0.1, 0.15) is 33.6 Å². The molecule has 0 bridgehead atoms. The van der Waals surface area contributed by atoms with Gasteiger partial charge >= 0.3 is 6.09 Å². The largest absolute Gasteiger partial charge is 0.444 e. The lowest BCUT2D eigenvalue weighted by Crippen LogP contribution is -2.41. The lowest BCUT2D eigenvalue weighted by atomic mass is 9.96. The Morgan fingerprint density at radius 2 is 1.94 bits per heavy atom. The standard InChI is InChI=1S/C14H23NO2/c1-5-6-7-12-8-10-15(11-9-12)13(16)17-14(2,3)4/h5-7,12H,1,8-11H2,2-4H3/b7-6-. The lowest BCUT2D eigenvalue weighted by molar-refractivity contribution is 0.0197. The number of likely N-dealkylation sites (tertiary alicyclic amines) is 1. The Bertz CT molecular complexity index is 294. The molecule has 1 rings (SSSR count). The van der Waals surface area contributed by atoms with Crippen LogP contribution in [-0.4, -0.2) is 29.7 Å². The van der Waals surface area contributed by atoms with Crippen LogP contribution in [-0.2, 0) is 4.74 Å². The molecule has 0 aromatic rings. The topological polar surface area (TPSA) is 29.5 Å². The van der Waals surface area contributed by atoms with Crippen molar-refractivity contribution in [3.8, 4) is 0 Å². The van der Waals surface area contributed by atoms with Gasteiger partial charge in [0.1, 0.15) is 5.60 Å². The van der Waals surface area contributed by atoms with Crippen molar-refractivity contribution < 1.29 is 9.53 Å². The molecule has 0 aliphatic carbocycles. The van der Waals surface area contributed by atoms with Crippen molar-refractivity contribution in [1.82, 2.24) is 4.90 Å². The van der Waals surface area contributed by atoms with Crippen molar-refractivity contribution in [3.05, 3.63) is 24.8 Å². The van der Waals surface area contributed by atoms with Crippen molar-refractivity contribution in [2.24, 2.45) is 5.92 Å². The summed E-state index contributed by atoms with van der Waals surface area (Å²) >= 11 is 0. The molecule has 0 aromatic heterocycles. The zero-order valence-electron chi connectivity index (χ0n) is 11.1. The number of nitrogens with zero attached hydrogens (tertiary/aromatic N) is 1. The van der Waals surface area contributed by atoms with E-state index in [1.54, 1.807) is 11.0 Å². The smallest absolute Gasteiger partial charge is 0.410 e. The van der Waals surface area contributed by atoms with Crippen LogP contribution in [0.25, 0.3) is 0 Å². The molecule has 17 heavy (non-hydrogen) atoms. The first-order valence-corrected chi connectivity index (χ1v) is 6.19. The van der Waals surface area contributed by atoms with E-state index in [2.05, 4.69) is 12.7 Å². The first-order valence-electron chi connectivity index (χ1n) is 6.19. The average molecular weight is 237 g/mol. The molecule has 1 aliphatic heterocycles. The minimum absolute atomic E-state index is 0.191. The molecule has 0 unspecified atom stereocenters. The van der Waals surface area contributed by atoms with Gasteiger partial charge in [0.15, 0.2) is 0 Å². The molecule has 0 radical (unpaired) electrons. The van der Waals surface area contributed by atoms with Gasteiger partial charge in [-0.25, -0.2) is 4.79 Å². The normalized spacial score (nSPS) is 18.4. The van der Waals surface area contributed by atoms with E-state index >= 15 is 0 Å². The van der Waals surface area contributed by atoms with Crippen LogP contribution in [0.5, 0.6) is 0 Å². The number of amides is 1. The number of hydrogen-bond donors (Lipinski definition) is 0. The van der Waals surface area contributed by atoms with Gasteiger partial charge in [-0.15, -0.1) is 0 Å². The molecule has 1 heterocycles. The van der Waals surface area contributed by atoms with Crippen molar-refractivity contribution in [1.29, 1.82) is 0 Å². The fraction of sp³-hybridized carbons (Fsp3) is 0.643. The predicted molar refractivity (Wildman–Crippen MR) is 69.9 cm³/mol. The van der Waals surface area contributed by atoms with E-state index < -0.39 is 5.60 Å². The lowest BCUT2D eigenvalue weighted by Gasteiger charge is -2.32. The van der Waals surface area contributed by atoms with Crippen LogP contribution in [0.4, 0.5) is 4.79 Å². The summed E-state index contributed by atoms with van der Waals surface area (Å²) in [6.07, 6.45) is 7.75. The molecule has 3 heteroatoms. The van der Waals surface area contributed by atoms with Gasteiger partial charge in [-0.2, -0.15) is 0 Å². The van der Waals surface area contributed by atoms with Gasteiger partial charge in [-0.1, -0.05) is 24.8 Å². The van der Waals surface area contributed by atoms with Crippen LogP contribution in [0, 0.1) is 5.92 Å². The van der Waals surface area contributed by atoms with Crippen LogP contribution >= 0.6 is 0 Å². The maximum absolute atomic E-state index is 11.8. The number of piperidine rings is 1. The highest BCUT2D eigenvalue weighted by atomic mass is 16.6. The monoisotopic (exact) mass is 237 g/mol. The van der Waals surface area contributed by atoms with Gasteiger partial charge in [-0.3, -0.25) is 0 Å². The Kier molecular flexibility index (Phi) is 4.79. The van der Waals surface area contributed by atoms with Crippen LogP contribution in [0.2, 0.25) is 0 Å². The summed E-state index contributed by atoms with van der Waals surface area (Å²) < 4.78 is 5.35. The molecule has 1 amide bonds. The zero-order valence-corrected chi connectivity index (χ0v) is 11.1. The third-order valence-electron chi connectivity index (χ3n) is 2.71. The third-order valence-corrected chi connectivity index (χ3v) is 2.71. The molecule has 0 atom stereocenters. The van der Waals surface area contributed by atoms with Crippen LogP contribution < -0.4 is 0 Å². The molecule has 0 saturated carbocycles. The first kappa shape index (κ1) is 13.8. The molecular formula is C14H23NO2. The molecule has 0 spiro atoms. The van der Waals surface area contributed by atoms with Crippen molar-refractivity contribution >= 4 is 6.09 Å². The summed E-state index contributed by atoms with van der Waals surface area (Å²) in [5.41, 5.74) is -0.406. The minimum Gasteiger partial charge on any atom is -0.444 e. The zero-order chi connectivity index (χ0) is 12.9. The van der Waals surface area contributed by atoms with Crippen molar-refractivity contribution in [2.75, 3.05) is 13.1 Å². The average Bonchev–Trinajstić information content (AvgIpc) is 2.24. The Hall–Kier alpha value is -1.25. The summed E-state index contributed by atoms with van der Waals surface area (Å²) in [4.78, 5) is 13.6. The van der Waals surface area contributed by atoms with Crippen LogP contribution in [0.3, 0.4) is 0 Å². The fourth-order valence-electron chi connectivity index (χ4n) is 1.84. The SMILES string of the molecule is C=C/C=C\C1CCN(C(=O)OC(C)(C)C)CC1. The molecule has 96 valence electrons. The van der Waals surface area contributed by atoms with E-state index in [0.717, 1.165) is 25.9 Å². The van der Waals surface area contributed by atoms with Gasteiger partial charge in [0.05, 0.1) is 0 Å². The highest BCUT2D eigenvalue weighted by Crippen LogP contribution is 2.20. The van der Waals surface area contributed by atoms with E-state index in [4.69, 9.17) is 4.74 Å². The Labute approximate surface area is 104 Å². The number of carbonyl (C=O) groups excluding carboxylic acids is 1. The van der Waals surface area contributed by atoms with Gasteiger partial charge < -0.3 is 9.64 Å². The second kappa shape index (κ2) is 5.89. The molecule has 1 saturated heterocycles. The summed E-state index contributed by atoms with van der Waals surface area (Å²) in [5.74, 6) is 0.562. The molecule has 1 aliphatic rings. The Morgan fingerprint density at radius 3 is 2.41 bits per heavy atom. The van der Waals surface area contributed by atoms with Gasteiger partial charge in [-0.05, 0) is 39.5 Å². The van der Waals surface area contributed by atoms with Crippen molar-refractivity contribution in [2.45, 2.75) is 39.2 Å². The quantitative estimate of drug-likeness (QED) is 0.689. The highest BCUT2D eigenvalue weighted by molar-refractivity contribution is 5.68. The molecule has 3 nitrogen and oxygen atoms in total. The molecule has 0 N–H and O–H groups in total. The van der Waals surface area contributed by atoms with Gasteiger partial charge in [0.2, 0.25) is 0 Å². The predicted octanol–water partition coefficient (Wildman–Crippen LogP) is 3.38. The van der Waals surface area contributed by atoms with E-state index in [1.165, 1.54) is 0 Å². The van der Waals surface area contributed by atoms with E-state index in [1.807, 2.05) is 26.8 Å². The number of carbonyl (C=O) groups is 1. The fourth-order valence-corrected chi connectivity index (χ4v) is 1.84. The molecule has 1 fully saturated rings. The number of rotatable bonds is 2. The maximum Gasteiger partial charge on any atom is 0.410 e. The summed E-state index contributed by atoms with van der Waals surface area (Å²) in [6, 6.07) is 0. The Morgan fingerprint density at radius 1 is 1.35 bits per heavy atom. The highest BCUT2D eigenvalue weighted by Gasteiger charge is 2.25. The van der Waals surface area contributed by atoms with Crippen molar-refractivity contribution in [3.63, 3.8) is 0 Å². The van der Waals surface area contributed by atoms with Crippen LogP contribution in [0.15, 0.2) is 24.8 Å². The number of hydrogen-bond acceptors (Lipinski definition) is 2. The van der Waals surface area contributed by atoms with E-state index in [9.17, 15) is 4.79 Å². The third kappa shape index (κ3) is 5.07. The van der Waals surface area contributed by atoms with E-state index in [0.29, 0.717) is 5.92 Å². The maximum atomic E-state index is 11.8. The number of ether oxygens (including phenoxy) is 1. The van der Waals surface area contributed by atoms with E-state index in [-0.39, 0.29) is 6.09 Å². The second-order valence-electron chi connectivity index (χ2n) is 5.43. The first-order chi connectivity index (χ1) is 7.92. The molecular weight excluding hydrogens is 214 g/mol. The summed E-state index contributed by atoms with van der Waals surface area (Å²) in [7, 11) is 0.